The molecule has 1 aliphatic rings. The molecule has 22 heavy (non-hydrogen) atoms. The molecule has 1 saturated heterocycles. The van der Waals surface area contributed by atoms with Gasteiger partial charge in [0.15, 0.2) is 11.2 Å². The minimum atomic E-state index is -0.424. The monoisotopic (exact) mass is 306 g/mol. The molecular formula is C14H22N6O2. The van der Waals surface area contributed by atoms with Crippen molar-refractivity contribution in [3.05, 3.63) is 26.7 Å². The first-order chi connectivity index (χ1) is 10.6. The van der Waals surface area contributed by atoms with Gasteiger partial charge >= 0.3 is 5.69 Å². The van der Waals surface area contributed by atoms with E-state index in [1.54, 1.807) is 7.05 Å². The summed E-state index contributed by atoms with van der Waals surface area (Å²) < 4.78 is 3.31. The zero-order chi connectivity index (χ0) is 15.7. The SMILES string of the molecule is CCn1c(CCN2CCNCC2)nc2c1c(=O)[nH]c(=O)n2C. The lowest BCUT2D eigenvalue weighted by molar-refractivity contribution is 0.242. The molecule has 0 unspecified atom stereocenters. The number of H-pyrrole nitrogens is 1. The highest BCUT2D eigenvalue weighted by atomic mass is 16.2. The van der Waals surface area contributed by atoms with Crippen LogP contribution in [0.3, 0.4) is 0 Å². The van der Waals surface area contributed by atoms with E-state index in [0.717, 1.165) is 45.0 Å². The predicted molar refractivity (Wildman–Crippen MR) is 84.3 cm³/mol. The molecule has 1 aliphatic heterocycles. The second-order valence-corrected chi connectivity index (χ2v) is 5.60. The molecular weight excluding hydrogens is 284 g/mol. The second kappa shape index (κ2) is 6.05. The summed E-state index contributed by atoms with van der Waals surface area (Å²) in [7, 11) is 1.63. The number of hydrogen-bond donors (Lipinski definition) is 2. The lowest BCUT2D eigenvalue weighted by Gasteiger charge is -2.26. The van der Waals surface area contributed by atoms with Gasteiger partial charge in [0.05, 0.1) is 0 Å². The van der Waals surface area contributed by atoms with Crippen LogP contribution in [0.2, 0.25) is 0 Å². The lowest BCUT2D eigenvalue weighted by Crippen LogP contribution is -2.44. The Hall–Kier alpha value is -1.93. The maximum absolute atomic E-state index is 12.1. The number of rotatable bonds is 4. The minimum absolute atomic E-state index is 0.360. The molecule has 0 aromatic carbocycles. The molecule has 0 spiro atoms. The Morgan fingerprint density at radius 2 is 1.95 bits per heavy atom. The summed E-state index contributed by atoms with van der Waals surface area (Å²) in [5, 5.41) is 3.33. The summed E-state index contributed by atoms with van der Waals surface area (Å²) in [6.45, 7) is 7.65. The van der Waals surface area contributed by atoms with Crippen molar-refractivity contribution in [1.82, 2.24) is 29.3 Å². The molecule has 2 aromatic heterocycles. The summed E-state index contributed by atoms with van der Waals surface area (Å²) in [6.07, 6.45) is 0.774. The molecule has 0 amide bonds. The van der Waals surface area contributed by atoms with E-state index in [9.17, 15) is 9.59 Å². The van der Waals surface area contributed by atoms with Gasteiger partial charge in [0, 0.05) is 52.7 Å². The fourth-order valence-electron chi connectivity index (χ4n) is 3.00. The number of nitrogens with one attached hydrogen (secondary N) is 2. The molecule has 0 saturated carbocycles. The van der Waals surface area contributed by atoms with Crippen molar-refractivity contribution in [2.75, 3.05) is 32.7 Å². The highest BCUT2D eigenvalue weighted by molar-refractivity contribution is 5.70. The van der Waals surface area contributed by atoms with Gasteiger partial charge in [0.2, 0.25) is 0 Å². The van der Waals surface area contributed by atoms with E-state index < -0.39 is 5.69 Å². The van der Waals surface area contributed by atoms with Gasteiger partial charge in [0.25, 0.3) is 5.56 Å². The largest absolute Gasteiger partial charge is 0.329 e. The van der Waals surface area contributed by atoms with Crippen LogP contribution in [0.5, 0.6) is 0 Å². The maximum Gasteiger partial charge on any atom is 0.329 e. The Morgan fingerprint density at radius 1 is 1.23 bits per heavy atom. The fourth-order valence-corrected chi connectivity index (χ4v) is 3.00. The quantitative estimate of drug-likeness (QED) is 0.748. The number of aromatic amines is 1. The molecule has 120 valence electrons. The molecule has 8 heteroatoms. The van der Waals surface area contributed by atoms with Crippen LogP contribution in [0, 0.1) is 0 Å². The van der Waals surface area contributed by atoms with Crippen LogP contribution in [0.4, 0.5) is 0 Å². The highest BCUT2D eigenvalue weighted by Gasteiger charge is 2.17. The first kappa shape index (κ1) is 15.0. The molecule has 1 fully saturated rings. The van der Waals surface area contributed by atoms with Crippen LogP contribution in [-0.4, -0.2) is 56.7 Å². The third-order valence-corrected chi connectivity index (χ3v) is 4.26. The Labute approximate surface area is 127 Å². The third kappa shape index (κ3) is 2.59. The summed E-state index contributed by atoms with van der Waals surface area (Å²) in [6, 6.07) is 0. The third-order valence-electron chi connectivity index (χ3n) is 4.26. The number of hydrogen-bond acceptors (Lipinski definition) is 5. The summed E-state index contributed by atoms with van der Waals surface area (Å²) in [4.78, 5) is 33.1. The van der Waals surface area contributed by atoms with E-state index in [2.05, 4.69) is 20.2 Å². The van der Waals surface area contributed by atoms with Crippen molar-refractivity contribution in [3.8, 4) is 0 Å². The van der Waals surface area contributed by atoms with E-state index in [4.69, 9.17) is 0 Å². The average molecular weight is 306 g/mol. The second-order valence-electron chi connectivity index (χ2n) is 5.60. The molecule has 0 atom stereocenters. The van der Waals surface area contributed by atoms with E-state index in [1.165, 1.54) is 4.57 Å². The van der Waals surface area contributed by atoms with Crippen molar-refractivity contribution < 1.29 is 0 Å². The number of aromatic nitrogens is 4. The first-order valence-corrected chi connectivity index (χ1v) is 7.73. The van der Waals surface area contributed by atoms with Crippen LogP contribution < -0.4 is 16.6 Å². The van der Waals surface area contributed by atoms with Gasteiger partial charge in [0.1, 0.15) is 5.82 Å². The first-order valence-electron chi connectivity index (χ1n) is 7.73. The number of nitrogens with zero attached hydrogens (tertiary/aromatic N) is 4. The Balaban J connectivity index is 1.95. The summed E-state index contributed by atoms with van der Waals surface area (Å²) in [5.41, 5.74) is 0.165. The summed E-state index contributed by atoms with van der Waals surface area (Å²) in [5.74, 6) is 0.864. The molecule has 0 bridgehead atoms. The van der Waals surface area contributed by atoms with Gasteiger partial charge < -0.3 is 14.8 Å². The van der Waals surface area contributed by atoms with E-state index in [-0.39, 0.29) is 5.56 Å². The molecule has 3 heterocycles. The molecule has 2 aromatic rings. The van der Waals surface area contributed by atoms with Gasteiger partial charge in [-0.15, -0.1) is 0 Å². The van der Waals surface area contributed by atoms with Gasteiger partial charge in [-0.25, -0.2) is 9.78 Å². The molecule has 0 aliphatic carbocycles. The van der Waals surface area contributed by atoms with Gasteiger partial charge in [-0.3, -0.25) is 14.3 Å². The zero-order valence-corrected chi connectivity index (χ0v) is 13.1. The van der Waals surface area contributed by atoms with Gasteiger partial charge in [-0.05, 0) is 6.92 Å². The van der Waals surface area contributed by atoms with Crippen LogP contribution in [-0.2, 0) is 20.0 Å². The van der Waals surface area contributed by atoms with Crippen LogP contribution >= 0.6 is 0 Å². The van der Waals surface area contributed by atoms with Crippen LogP contribution in [0.1, 0.15) is 12.7 Å². The number of fused-ring (bicyclic) bond motifs is 1. The van der Waals surface area contributed by atoms with Gasteiger partial charge in [-0.1, -0.05) is 0 Å². The summed E-state index contributed by atoms with van der Waals surface area (Å²) >= 11 is 0. The van der Waals surface area contributed by atoms with Crippen molar-refractivity contribution >= 4 is 11.2 Å². The predicted octanol–water partition coefficient (Wildman–Crippen LogP) is -1.11. The lowest BCUT2D eigenvalue weighted by atomic mass is 10.3. The molecule has 8 nitrogen and oxygen atoms in total. The topological polar surface area (TPSA) is 88.0 Å². The van der Waals surface area contributed by atoms with Crippen LogP contribution in [0.25, 0.3) is 11.2 Å². The van der Waals surface area contributed by atoms with Crippen molar-refractivity contribution in [3.63, 3.8) is 0 Å². The Kier molecular flexibility index (Phi) is 4.12. The van der Waals surface area contributed by atoms with E-state index >= 15 is 0 Å². The minimum Gasteiger partial charge on any atom is -0.322 e. The number of piperazine rings is 1. The number of imidazole rings is 1. The maximum atomic E-state index is 12.1. The van der Waals surface area contributed by atoms with Crippen LogP contribution in [0.15, 0.2) is 9.59 Å². The Morgan fingerprint density at radius 3 is 2.64 bits per heavy atom. The molecule has 2 N–H and O–H groups in total. The average Bonchev–Trinajstić information content (AvgIpc) is 2.91. The van der Waals surface area contributed by atoms with Crippen molar-refractivity contribution in [2.45, 2.75) is 19.9 Å². The standard InChI is InChI=1S/C14H22N6O2/c1-3-20-10(4-7-19-8-5-15-6-9-19)16-12-11(20)13(21)17-14(22)18(12)2/h15H,3-9H2,1-2H3,(H,17,21,22). The Bertz CT molecular complexity index is 781. The smallest absolute Gasteiger partial charge is 0.322 e. The van der Waals surface area contributed by atoms with Crippen molar-refractivity contribution in [2.24, 2.45) is 7.05 Å². The van der Waals surface area contributed by atoms with Gasteiger partial charge in [-0.2, -0.15) is 0 Å². The molecule has 0 radical (unpaired) electrons. The van der Waals surface area contributed by atoms with E-state index in [0.29, 0.717) is 17.7 Å². The fraction of sp³-hybridized carbons (Fsp3) is 0.643. The van der Waals surface area contributed by atoms with Crippen molar-refractivity contribution in [1.29, 1.82) is 0 Å². The molecule has 3 rings (SSSR count). The highest BCUT2D eigenvalue weighted by Crippen LogP contribution is 2.11. The zero-order valence-electron chi connectivity index (χ0n) is 13.1. The number of aryl methyl sites for hydroxylation is 2. The normalized spacial score (nSPS) is 16.5. The van der Waals surface area contributed by atoms with E-state index in [1.807, 2.05) is 11.5 Å².